The molecule has 3 heterocycles. The summed E-state index contributed by atoms with van der Waals surface area (Å²) in [6, 6.07) is 3.69. The van der Waals surface area contributed by atoms with Crippen LogP contribution in [0.5, 0.6) is 0 Å². The lowest BCUT2D eigenvalue weighted by molar-refractivity contribution is 0.0689. The lowest BCUT2D eigenvalue weighted by Crippen LogP contribution is -2.31. The molecule has 98 valence electrons. The largest absolute Gasteiger partial charge is 0.476 e. The molecule has 3 rings (SSSR count). The van der Waals surface area contributed by atoms with Gasteiger partial charge in [0.05, 0.1) is 5.69 Å². The molecule has 6 nitrogen and oxygen atoms in total. The van der Waals surface area contributed by atoms with E-state index in [-0.39, 0.29) is 11.7 Å². The summed E-state index contributed by atoms with van der Waals surface area (Å²) in [5, 5.41) is 9.26. The molecule has 0 aromatic carbocycles. The van der Waals surface area contributed by atoms with E-state index in [0.29, 0.717) is 24.5 Å². The van der Waals surface area contributed by atoms with Gasteiger partial charge in [-0.1, -0.05) is 0 Å². The Hall–Kier alpha value is -2.21. The van der Waals surface area contributed by atoms with Gasteiger partial charge in [0.1, 0.15) is 5.82 Å². The van der Waals surface area contributed by atoms with Crippen LogP contribution in [0, 0.1) is 0 Å². The highest BCUT2D eigenvalue weighted by Gasteiger charge is 2.27. The average molecular weight is 258 g/mol. The zero-order valence-electron chi connectivity index (χ0n) is 10.3. The molecule has 2 aromatic rings. The number of aromatic nitrogens is 3. The van der Waals surface area contributed by atoms with Gasteiger partial charge >= 0.3 is 5.97 Å². The summed E-state index contributed by atoms with van der Waals surface area (Å²) >= 11 is 0. The molecule has 0 bridgehead atoms. The van der Waals surface area contributed by atoms with Crippen LogP contribution >= 0.6 is 0 Å². The molecular weight excluding hydrogens is 244 g/mol. The van der Waals surface area contributed by atoms with E-state index in [4.69, 9.17) is 5.73 Å². The lowest BCUT2D eigenvalue weighted by Gasteiger charge is -2.22. The van der Waals surface area contributed by atoms with E-state index in [2.05, 4.69) is 9.97 Å². The summed E-state index contributed by atoms with van der Waals surface area (Å²) in [5.74, 6) is -0.347. The smallest absolute Gasteiger partial charge is 0.356 e. The maximum absolute atomic E-state index is 11.3. The molecule has 0 saturated heterocycles. The van der Waals surface area contributed by atoms with Crippen LogP contribution in [-0.2, 0) is 13.0 Å². The minimum Gasteiger partial charge on any atom is -0.476 e. The van der Waals surface area contributed by atoms with Gasteiger partial charge in [-0.15, -0.1) is 0 Å². The summed E-state index contributed by atoms with van der Waals surface area (Å²) in [6.45, 7) is 0.695. The molecule has 6 heteroatoms. The third kappa shape index (κ3) is 2.00. The first kappa shape index (κ1) is 11.9. The Balaban J connectivity index is 2.17. The molecule has 0 aliphatic carbocycles. The fraction of sp³-hybridized carbons (Fsp3) is 0.308. The SMILES string of the molecule is NC1CCn2c(-c3cccnc3)nc(C(=O)O)c2C1. The molecule has 0 amide bonds. The first-order valence-corrected chi connectivity index (χ1v) is 6.15. The molecule has 2 aromatic heterocycles. The number of aromatic carboxylic acids is 1. The van der Waals surface area contributed by atoms with Crippen molar-refractivity contribution in [1.82, 2.24) is 14.5 Å². The van der Waals surface area contributed by atoms with Crippen LogP contribution in [0.2, 0.25) is 0 Å². The molecule has 3 N–H and O–H groups in total. The number of carbonyl (C=O) groups is 1. The first-order valence-electron chi connectivity index (χ1n) is 6.15. The monoisotopic (exact) mass is 258 g/mol. The van der Waals surface area contributed by atoms with Gasteiger partial charge in [0.2, 0.25) is 0 Å². The molecule has 1 aliphatic heterocycles. The predicted octanol–water partition coefficient (Wildman–Crippen LogP) is 0.917. The number of hydrogen-bond acceptors (Lipinski definition) is 4. The summed E-state index contributed by atoms with van der Waals surface area (Å²) in [4.78, 5) is 19.6. The van der Waals surface area contributed by atoms with Crippen molar-refractivity contribution in [2.24, 2.45) is 5.73 Å². The molecule has 1 unspecified atom stereocenters. The van der Waals surface area contributed by atoms with Crippen LogP contribution in [0.25, 0.3) is 11.4 Å². The fourth-order valence-corrected chi connectivity index (χ4v) is 2.47. The van der Waals surface area contributed by atoms with E-state index in [1.165, 1.54) is 0 Å². The Morgan fingerprint density at radius 3 is 3.05 bits per heavy atom. The Bertz CT molecular complexity index is 621. The number of nitrogens with two attached hydrogens (primary N) is 1. The third-order valence-electron chi connectivity index (χ3n) is 3.37. The van der Waals surface area contributed by atoms with E-state index >= 15 is 0 Å². The maximum Gasteiger partial charge on any atom is 0.356 e. The summed E-state index contributed by atoms with van der Waals surface area (Å²) in [5.41, 5.74) is 7.56. The molecule has 19 heavy (non-hydrogen) atoms. The van der Waals surface area contributed by atoms with Crippen molar-refractivity contribution in [2.75, 3.05) is 0 Å². The number of pyridine rings is 1. The standard InChI is InChI=1S/C13H14N4O2/c14-9-3-5-17-10(6-9)11(13(18)19)16-12(17)8-2-1-4-15-7-8/h1-2,4,7,9H,3,5-6,14H2,(H,18,19). The van der Waals surface area contributed by atoms with Crippen LogP contribution < -0.4 is 5.73 Å². The highest BCUT2D eigenvalue weighted by Crippen LogP contribution is 2.26. The fourth-order valence-electron chi connectivity index (χ4n) is 2.47. The lowest BCUT2D eigenvalue weighted by atomic mass is 10.0. The van der Waals surface area contributed by atoms with E-state index < -0.39 is 5.97 Å². The van der Waals surface area contributed by atoms with Crippen molar-refractivity contribution in [3.05, 3.63) is 35.9 Å². The second-order valence-corrected chi connectivity index (χ2v) is 4.68. The molecule has 1 atom stereocenters. The summed E-state index contributed by atoms with van der Waals surface area (Å²) in [7, 11) is 0. The zero-order chi connectivity index (χ0) is 13.4. The van der Waals surface area contributed by atoms with Gasteiger partial charge in [-0.25, -0.2) is 9.78 Å². The van der Waals surface area contributed by atoms with Crippen LogP contribution in [-0.4, -0.2) is 31.7 Å². The van der Waals surface area contributed by atoms with Gasteiger partial charge in [-0.3, -0.25) is 4.98 Å². The van der Waals surface area contributed by atoms with Gasteiger partial charge in [-0.2, -0.15) is 0 Å². The summed E-state index contributed by atoms with van der Waals surface area (Å²) < 4.78 is 1.95. The summed E-state index contributed by atoms with van der Waals surface area (Å²) in [6.07, 6.45) is 4.75. The van der Waals surface area contributed by atoms with Gasteiger partial charge in [0, 0.05) is 37.0 Å². The zero-order valence-corrected chi connectivity index (χ0v) is 10.3. The molecular formula is C13H14N4O2. The minimum absolute atomic E-state index is 0.00375. The molecule has 1 aliphatic rings. The van der Waals surface area contributed by atoms with E-state index in [1.807, 2.05) is 16.7 Å². The number of carboxylic acids is 1. The third-order valence-corrected chi connectivity index (χ3v) is 3.37. The van der Waals surface area contributed by atoms with E-state index in [0.717, 1.165) is 12.0 Å². The highest BCUT2D eigenvalue weighted by atomic mass is 16.4. The normalized spacial score (nSPS) is 18.1. The number of nitrogens with zero attached hydrogens (tertiary/aromatic N) is 3. The van der Waals surface area contributed by atoms with Crippen molar-refractivity contribution in [2.45, 2.75) is 25.4 Å². The molecule has 0 radical (unpaired) electrons. The van der Waals surface area contributed by atoms with Crippen molar-refractivity contribution < 1.29 is 9.90 Å². The molecule has 0 fully saturated rings. The Kier molecular flexibility index (Phi) is 2.79. The quantitative estimate of drug-likeness (QED) is 0.835. The highest BCUT2D eigenvalue weighted by molar-refractivity contribution is 5.88. The van der Waals surface area contributed by atoms with Gasteiger partial charge in [0.25, 0.3) is 0 Å². The number of imidazole rings is 1. The van der Waals surface area contributed by atoms with E-state index in [9.17, 15) is 9.90 Å². The van der Waals surface area contributed by atoms with E-state index in [1.54, 1.807) is 12.4 Å². The maximum atomic E-state index is 11.3. The molecule has 0 saturated carbocycles. The van der Waals surface area contributed by atoms with Gasteiger partial charge in [0.15, 0.2) is 5.69 Å². The topological polar surface area (TPSA) is 94.0 Å². The van der Waals surface area contributed by atoms with Crippen molar-refractivity contribution >= 4 is 5.97 Å². The van der Waals surface area contributed by atoms with Crippen LogP contribution in [0.15, 0.2) is 24.5 Å². The first-order chi connectivity index (χ1) is 9.16. The number of hydrogen-bond donors (Lipinski definition) is 2. The van der Waals surface area contributed by atoms with Crippen LogP contribution in [0.1, 0.15) is 22.6 Å². The van der Waals surface area contributed by atoms with Crippen LogP contribution in [0.4, 0.5) is 0 Å². The van der Waals surface area contributed by atoms with Crippen LogP contribution in [0.3, 0.4) is 0 Å². The van der Waals surface area contributed by atoms with Crippen molar-refractivity contribution in [1.29, 1.82) is 0 Å². The second-order valence-electron chi connectivity index (χ2n) is 4.68. The average Bonchev–Trinajstić information content (AvgIpc) is 2.78. The number of fused-ring (bicyclic) bond motifs is 1. The number of rotatable bonds is 2. The van der Waals surface area contributed by atoms with Crippen molar-refractivity contribution in [3.8, 4) is 11.4 Å². The Morgan fingerprint density at radius 2 is 2.37 bits per heavy atom. The predicted molar refractivity (Wildman–Crippen MR) is 68.7 cm³/mol. The molecule has 0 spiro atoms. The Labute approximate surface area is 109 Å². The Morgan fingerprint density at radius 1 is 1.53 bits per heavy atom. The van der Waals surface area contributed by atoms with Crippen molar-refractivity contribution in [3.63, 3.8) is 0 Å². The van der Waals surface area contributed by atoms with Gasteiger partial charge in [-0.05, 0) is 18.6 Å². The number of carboxylic acid groups (broad SMARTS) is 1. The minimum atomic E-state index is -1.01. The van der Waals surface area contributed by atoms with Gasteiger partial charge < -0.3 is 15.4 Å². The second kappa shape index (κ2) is 4.47.